The molecule has 0 amide bonds. The maximum Gasteiger partial charge on any atom is 0.150 e. The van der Waals surface area contributed by atoms with Gasteiger partial charge in [-0.05, 0) is 55.8 Å². The molecule has 0 aromatic heterocycles. The molecule has 2 N–H and O–H groups in total. The van der Waals surface area contributed by atoms with Gasteiger partial charge in [0.2, 0.25) is 0 Å². The second-order valence-corrected chi connectivity index (χ2v) is 5.63. The van der Waals surface area contributed by atoms with Crippen LogP contribution in [0, 0.1) is 29.6 Å². The molecule has 4 aliphatic rings. The summed E-state index contributed by atoms with van der Waals surface area (Å²) in [7, 11) is 0. The van der Waals surface area contributed by atoms with Crippen LogP contribution in [-0.2, 0) is 4.79 Å². The van der Waals surface area contributed by atoms with Crippen molar-refractivity contribution >= 4 is 18.2 Å². The molecule has 4 aliphatic carbocycles. The van der Waals surface area contributed by atoms with E-state index in [0.29, 0.717) is 23.5 Å². The molecule has 0 atom stereocenters. The van der Waals surface area contributed by atoms with Gasteiger partial charge in [-0.15, -0.1) is 12.4 Å². The summed E-state index contributed by atoms with van der Waals surface area (Å²) in [6, 6.07) is 0. The van der Waals surface area contributed by atoms with Crippen LogP contribution in [0.4, 0.5) is 0 Å². The summed E-state index contributed by atoms with van der Waals surface area (Å²) < 4.78 is 0. The van der Waals surface area contributed by atoms with Gasteiger partial charge in [0.15, 0.2) is 0 Å². The van der Waals surface area contributed by atoms with Gasteiger partial charge in [0.1, 0.15) is 5.78 Å². The predicted molar refractivity (Wildman–Crippen MR) is 61.8 cm³/mol. The highest BCUT2D eigenvalue weighted by atomic mass is 35.5. The monoisotopic (exact) mass is 229 g/mol. The van der Waals surface area contributed by atoms with E-state index in [1.807, 2.05) is 0 Å². The normalized spacial score (nSPS) is 46.3. The Morgan fingerprint density at radius 2 is 1.47 bits per heavy atom. The van der Waals surface area contributed by atoms with E-state index in [2.05, 4.69) is 0 Å². The van der Waals surface area contributed by atoms with Crippen molar-refractivity contribution < 1.29 is 4.79 Å². The molecule has 0 aliphatic heterocycles. The molecule has 86 valence electrons. The van der Waals surface area contributed by atoms with Crippen LogP contribution in [-0.4, -0.2) is 12.3 Å². The minimum atomic E-state index is 0. The highest BCUT2D eigenvalue weighted by Crippen LogP contribution is 2.56. The van der Waals surface area contributed by atoms with Crippen LogP contribution in [0.2, 0.25) is 0 Å². The standard InChI is InChI=1S/C12H19NO.ClH/c13-6-11(14)12-9-2-7-1-8(4-9)5-10(12)3-7;/h7-10,12H,1-6,13H2;1H. The maximum absolute atomic E-state index is 11.8. The van der Waals surface area contributed by atoms with E-state index < -0.39 is 0 Å². The largest absolute Gasteiger partial charge is 0.324 e. The van der Waals surface area contributed by atoms with E-state index >= 15 is 0 Å². The van der Waals surface area contributed by atoms with Crippen molar-refractivity contribution in [2.75, 3.05) is 6.54 Å². The molecule has 15 heavy (non-hydrogen) atoms. The summed E-state index contributed by atoms with van der Waals surface area (Å²) >= 11 is 0. The molecule has 4 bridgehead atoms. The first-order valence-electron chi connectivity index (χ1n) is 6.00. The first kappa shape index (κ1) is 11.4. The zero-order valence-electron chi connectivity index (χ0n) is 9.02. The molecule has 0 radical (unpaired) electrons. The fourth-order valence-corrected chi connectivity index (χ4v) is 4.59. The van der Waals surface area contributed by atoms with Crippen LogP contribution < -0.4 is 5.73 Å². The lowest BCUT2D eigenvalue weighted by atomic mass is 9.51. The number of carbonyl (C=O) groups excluding carboxylic acids is 1. The molecule has 2 nitrogen and oxygen atoms in total. The third kappa shape index (κ3) is 1.72. The van der Waals surface area contributed by atoms with Crippen LogP contribution in [0.3, 0.4) is 0 Å². The van der Waals surface area contributed by atoms with Gasteiger partial charge < -0.3 is 5.73 Å². The van der Waals surface area contributed by atoms with Gasteiger partial charge in [-0.3, -0.25) is 4.79 Å². The fourth-order valence-electron chi connectivity index (χ4n) is 4.59. The van der Waals surface area contributed by atoms with E-state index in [9.17, 15) is 4.79 Å². The lowest BCUT2D eigenvalue weighted by Crippen LogP contribution is -2.49. The van der Waals surface area contributed by atoms with Crippen LogP contribution in [0.25, 0.3) is 0 Å². The quantitative estimate of drug-likeness (QED) is 0.787. The number of hydrogen-bond donors (Lipinski definition) is 1. The third-order valence-corrected chi connectivity index (χ3v) is 4.80. The Labute approximate surface area is 97.4 Å². The summed E-state index contributed by atoms with van der Waals surface area (Å²) in [4.78, 5) is 11.8. The van der Waals surface area contributed by atoms with Gasteiger partial charge in [-0.2, -0.15) is 0 Å². The molecule has 0 spiro atoms. The van der Waals surface area contributed by atoms with Crippen molar-refractivity contribution in [3.8, 4) is 0 Å². The highest BCUT2D eigenvalue weighted by Gasteiger charge is 2.50. The summed E-state index contributed by atoms with van der Waals surface area (Å²) in [5.41, 5.74) is 5.50. The molecular formula is C12H20ClNO. The molecule has 4 rings (SSSR count). The van der Waals surface area contributed by atoms with Gasteiger partial charge in [-0.25, -0.2) is 0 Å². The number of Topliss-reactive ketones (excluding diaryl/α,β-unsaturated/α-hetero) is 1. The van der Waals surface area contributed by atoms with Gasteiger partial charge >= 0.3 is 0 Å². The zero-order valence-corrected chi connectivity index (χ0v) is 9.84. The minimum absolute atomic E-state index is 0. The van der Waals surface area contributed by atoms with Crippen LogP contribution in [0.15, 0.2) is 0 Å². The van der Waals surface area contributed by atoms with E-state index in [4.69, 9.17) is 5.73 Å². The minimum Gasteiger partial charge on any atom is -0.324 e. The Bertz CT molecular complexity index is 238. The molecule has 4 fully saturated rings. The number of nitrogens with two attached hydrogens (primary N) is 1. The Balaban J connectivity index is 0.000000853. The molecule has 0 saturated heterocycles. The van der Waals surface area contributed by atoms with Crippen molar-refractivity contribution in [2.24, 2.45) is 35.3 Å². The molecule has 0 aromatic rings. The Hall–Kier alpha value is -0.0800. The van der Waals surface area contributed by atoms with Gasteiger partial charge in [0.25, 0.3) is 0 Å². The van der Waals surface area contributed by atoms with Crippen molar-refractivity contribution in [3.05, 3.63) is 0 Å². The highest BCUT2D eigenvalue weighted by molar-refractivity contribution is 5.85. The van der Waals surface area contributed by atoms with Crippen molar-refractivity contribution in [2.45, 2.75) is 32.1 Å². The van der Waals surface area contributed by atoms with Crippen molar-refractivity contribution in [3.63, 3.8) is 0 Å². The second-order valence-electron chi connectivity index (χ2n) is 5.63. The second kappa shape index (κ2) is 4.06. The van der Waals surface area contributed by atoms with Gasteiger partial charge in [-0.1, -0.05) is 0 Å². The fraction of sp³-hybridized carbons (Fsp3) is 0.917. The Morgan fingerprint density at radius 1 is 1.00 bits per heavy atom. The topological polar surface area (TPSA) is 43.1 Å². The van der Waals surface area contributed by atoms with Crippen LogP contribution in [0.1, 0.15) is 32.1 Å². The average molecular weight is 230 g/mol. The summed E-state index contributed by atoms with van der Waals surface area (Å²) in [5.74, 6) is 4.04. The SMILES string of the molecule is Cl.NCC(=O)C1C2CC3CC(C2)CC1C3. The van der Waals surface area contributed by atoms with Crippen molar-refractivity contribution in [1.82, 2.24) is 0 Å². The summed E-state index contributed by atoms with van der Waals surface area (Å²) in [5, 5.41) is 0. The lowest BCUT2D eigenvalue weighted by Gasteiger charge is -2.53. The first-order valence-corrected chi connectivity index (χ1v) is 6.00. The number of halogens is 1. The Morgan fingerprint density at radius 3 is 1.87 bits per heavy atom. The third-order valence-electron chi connectivity index (χ3n) is 4.80. The van der Waals surface area contributed by atoms with Crippen LogP contribution >= 0.6 is 12.4 Å². The lowest BCUT2D eigenvalue weighted by molar-refractivity contribution is -0.134. The van der Waals surface area contributed by atoms with E-state index in [1.165, 1.54) is 32.1 Å². The summed E-state index contributed by atoms with van der Waals surface area (Å²) in [6.45, 7) is 0.271. The molecule has 4 saturated carbocycles. The molecular weight excluding hydrogens is 210 g/mol. The van der Waals surface area contributed by atoms with Gasteiger partial charge in [0.05, 0.1) is 6.54 Å². The number of ketones is 1. The smallest absolute Gasteiger partial charge is 0.150 e. The molecule has 0 unspecified atom stereocenters. The summed E-state index contributed by atoms with van der Waals surface area (Å²) in [6.07, 6.45) is 6.75. The van der Waals surface area contributed by atoms with E-state index in [1.54, 1.807) is 0 Å². The maximum atomic E-state index is 11.8. The molecule has 0 aromatic carbocycles. The van der Waals surface area contributed by atoms with E-state index in [-0.39, 0.29) is 19.0 Å². The number of hydrogen-bond acceptors (Lipinski definition) is 2. The Kier molecular flexibility index (Phi) is 3.09. The zero-order chi connectivity index (χ0) is 9.71. The number of rotatable bonds is 2. The molecule has 0 heterocycles. The average Bonchev–Trinajstić information content (AvgIpc) is 2.15. The number of carbonyl (C=O) groups is 1. The van der Waals surface area contributed by atoms with Crippen molar-refractivity contribution in [1.29, 1.82) is 0 Å². The first-order chi connectivity index (χ1) is 6.78. The molecule has 3 heteroatoms. The van der Waals surface area contributed by atoms with Gasteiger partial charge in [0, 0.05) is 5.92 Å². The van der Waals surface area contributed by atoms with E-state index in [0.717, 1.165) is 11.8 Å². The van der Waals surface area contributed by atoms with Crippen LogP contribution in [0.5, 0.6) is 0 Å². The predicted octanol–water partition coefficient (Wildman–Crippen LogP) is 2.01.